The van der Waals surface area contributed by atoms with Crippen molar-refractivity contribution in [3.05, 3.63) is 35.7 Å². The van der Waals surface area contributed by atoms with E-state index >= 15 is 0 Å². The molecule has 3 N–H and O–H groups in total. The number of aromatic nitrogens is 3. The molecule has 2 aliphatic heterocycles. The molecule has 1 saturated carbocycles. The lowest BCUT2D eigenvalue weighted by Gasteiger charge is -2.17. The molecule has 2 atom stereocenters. The van der Waals surface area contributed by atoms with Crippen LogP contribution in [0.25, 0.3) is 22.2 Å². The monoisotopic (exact) mass is 521 g/mol. The number of aromatic amines is 1. The van der Waals surface area contributed by atoms with E-state index in [1.165, 1.54) is 6.20 Å². The summed E-state index contributed by atoms with van der Waals surface area (Å²) in [7, 11) is -2.76. The van der Waals surface area contributed by atoms with E-state index in [-0.39, 0.29) is 17.7 Å². The molecular weight excluding hydrogens is 490 g/mol. The average Bonchev–Trinajstić information content (AvgIpc) is 3.42. The number of rotatable bonds is 1. The summed E-state index contributed by atoms with van der Waals surface area (Å²) in [6, 6.07) is 4.05. The number of hydrogen-bond acceptors (Lipinski definition) is 6. The number of benzene rings is 1. The van der Waals surface area contributed by atoms with Gasteiger partial charge in [-0.2, -0.15) is 13.2 Å². The molecule has 8 bridgehead atoms. The maximum atomic E-state index is 14.0. The molecule has 0 spiro atoms. The first kappa shape index (κ1) is 25.2. The number of H-pyrrole nitrogens is 1. The molecular formula is C25H31F3N5O2P. The Labute approximate surface area is 208 Å². The number of aryl methyl sites for hydroxylation is 1. The normalized spacial score (nSPS) is 21.8. The predicted octanol–water partition coefficient (Wildman–Crippen LogP) is 4.78. The fourth-order valence-electron chi connectivity index (χ4n) is 5.39. The molecule has 0 unspecified atom stereocenters. The van der Waals surface area contributed by atoms with Crippen molar-refractivity contribution in [2.75, 3.05) is 38.4 Å². The van der Waals surface area contributed by atoms with Gasteiger partial charge in [-0.15, -0.1) is 0 Å². The molecule has 6 rings (SSSR count). The largest absolute Gasteiger partial charge is 0.419 e. The second kappa shape index (κ2) is 9.80. The van der Waals surface area contributed by atoms with Gasteiger partial charge in [0.25, 0.3) is 0 Å². The van der Waals surface area contributed by atoms with Gasteiger partial charge in [0.15, 0.2) is 0 Å². The topological polar surface area (TPSA) is 91.9 Å². The zero-order chi connectivity index (χ0) is 25.5. The number of halogens is 3. The standard InChI is InChI=1S/C25H31F3N5O2P/c1-36(2,34)23-15-4-3-10-35-11-9-29-16-6-7-17(12-16)32-24-31-14-20(25(26,27)28)21(33-24)19-13-30-22(23)18(19)8-5-15/h5,8,13-14,16-17,29-30H,3-4,6-7,9-12H2,1-2H3,(H,31,32,33)/t16-,17-/m0/s1. The van der Waals surface area contributed by atoms with E-state index in [9.17, 15) is 17.7 Å². The average molecular weight is 522 g/mol. The summed E-state index contributed by atoms with van der Waals surface area (Å²) in [6.45, 7) is 5.29. The summed E-state index contributed by atoms with van der Waals surface area (Å²) >= 11 is 0. The number of hydrogen-bond donors (Lipinski definition) is 3. The molecule has 1 aromatic carbocycles. The molecule has 2 aromatic heterocycles. The number of alkyl halides is 3. The van der Waals surface area contributed by atoms with Crippen LogP contribution in [0.2, 0.25) is 0 Å². The summed E-state index contributed by atoms with van der Waals surface area (Å²) in [6.07, 6.45) is 1.86. The van der Waals surface area contributed by atoms with E-state index in [4.69, 9.17) is 4.74 Å². The Hall–Kier alpha value is -2.42. The lowest BCUT2D eigenvalue weighted by atomic mass is 10.0. The van der Waals surface area contributed by atoms with Crippen LogP contribution < -0.4 is 15.9 Å². The van der Waals surface area contributed by atoms with Crippen LogP contribution in [0, 0.1) is 0 Å². The van der Waals surface area contributed by atoms with Crippen LogP contribution in [0.5, 0.6) is 0 Å². The van der Waals surface area contributed by atoms with Crippen LogP contribution in [-0.2, 0) is 21.9 Å². The minimum Gasteiger partial charge on any atom is -0.380 e. The zero-order valence-corrected chi connectivity index (χ0v) is 21.3. The predicted molar refractivity (Wildman–Crippen MR) is 136 cm³/mol. The second-order valence-corrected chi connectivity index (χ2v) is 13.2. The molecule has 4 heterocycles. The highest BCUT2D eigenvalue weighted by atomic mass is 31.2. The number of anilines is 1. The maximum absolute atomic E-state index is 14.0. The Bertz CT molecular complexity index is 1300. The van der Waals surface area contributed by atoms with E-state index in [2.05, 4.69) is 25.6 Å². The highest BCUT2D eigenvalue weighted by Crippen LogP contribution is 2.43. The SMILES string of the molecule is CP(C)(=O)c1c2ccc3c(c[nH]c13)-c1nc(ncc1C(F)(F)F)N[C@H]1CC[C@@H](C1)NCCOCCC2. The van der Waals surface area contributed by atoms with E-state index in [1.807, 2.05) is 6.07 Å². The lowest BCUT2D eigenvalue weighted by Crippen LogP contribution is -2.31. The summed E-state index contributed by atoms with van der Waals surface area (Å²) in [5, 5.41) is 7.97. The maximum Gasteiger partial charge on any atom is 0.419 e. The zero-order valence-electron chi connectivity index (χ0n) is 20.4. The Morgan fingerprint density at radius 3 is 2.72 bits per heavy atom. The first-order valence-electron chi connectivity index (χ1n) is 12.3. The van der Waals surface area contributed by atoms with Crippen molar-refractivity contribution in [3.63, 3.8) is 0 Å². The van der Waals surface area contributed by atoms with Crippen LogP contribution in [0.1, 0.15) is 36.8 Å². The third kappa shape index (κ3) is 5.17. The van der Waals surface area contributed by atoms with Crippen LogP contribution in [-0.4, -0.2) is 60.1 Å². The van der Waals surface area contributed by atoms with Gasteiger partial charge in [0.05, 0.1) is 17.8 Å². The fraction of sp³-hybridized carbons (Fsp3) is 0.520. The van der Waals surface area contributed by atoms with Gasteiger partial charge in [-0.25, -0.2) is 9.97 Å². The molecule has 11 heteroatoms. The van der Waals surface area contributed by atoms with Gasteiger partial charge in [0.1, 0.15) is 12.7 Å². The molecule has 1 aliphatic carbocycles. The van der Waals surface area contributed by atoms with Crippen LogP contribution in [0.4, 0.5) is 19.1 Å². The molecule has 36 heavy (non-hydrogen) atoms. The number of ether oxygens (including phenoxy) is 1. The molecule has 1 fully saturated rings. The first-order chi connectivity index (χ1) is 17.1. The Balaban J connectivity index is 1.65. The fourth-order valence-corrected chi connectivity index (χ4v) is 6.99. The minimum absolute atomic E-state index is 0.0679. The van der Waals surface area contributed by atoms with Crippen molar-refractivity contribution in [1.29, 1.82) is 0 Å². The summed E-state index contributed by atoms with van der Waals surface area (Å²) in [5.41, 5.74) is 0.744. The van der Waals surface area contributed by atoms with Crippen LogP contribution in [0.15, 0.2) is 24.5 Å². The number of fused-ring (bicyclic) bond motifs is 7. The molecule has 3 aliphatic rings. The molecule has 0 radical (unpaired) electrons. The van der Waals surface area contributed by atoms with Crippen molar-refractivity contribution in [1.82, 2.24) is 20.3 Å². The Kier molecular flexibility index (Phi) is 6.87. The van der Waals surface area contributed by atoms with Gasteiger partial charge in [0, 0.05) is 53.9 Å². The van der Waals surface area contributed by atoms with Crippen molar-refractivity contribution >= 4 is 29.3 Å². The smallest absolute Gasteiger partial charge is 0.380 e. The minimum atomic E-state index is -4.62. The first-order valence-corrected chi connectivity index (χ1v) is 14.9. The van der Waals surface area contributed by atoms with Gasteiger partial charge >= 0.3 is 6.18 Å². The summed E-state index contributed by atoms with van der Waals surface area (Å²) in [5.74, 6) is 0.174. The van der Waals surface area contributed by atoms with Gasteiger partial charge in [-0.1, -0.05) is 12.1 Å². The van der Waals surface area contributed by atoms with Gasteiger partial charge in [-0.05, 0) is 51.0 Å². The Morgan fingerprint density at radius 1 is 1.14 bits per heavy atom. The van der Waals surface area contributed by atoms with Gasteiger partial charge < -0.3 is 24.9 Å². The van der Waals surface area contributed by atoms with E-state index in [0.29, 0.717) is 47.4 Å². The molecule has 7 nitrogen and oxygen atoms in total. The summed E-state index contributed by atoms with van der Waals surface area (Å²) < 4.78 is 61.2. The third-order valence-electron chi connectivity index (χ3n) is 6.98. The van der Waals surface area contributed by atoms with Crippen molar-refractivity contribution in [3.8, 4) is 11.3 Å². The number of nitrogens with one attached hydrogen (secondary N) is 3. The quantitative estimate of drug-likeness (QED) is 0.400. The van der Waals surface area contributed by atoms with Crippen molar-refractivity contribution in [2.24, 2.45) is 0 Å². The van der Waals surface area contributed by atoms with Crippen LogP contribution in [0.3, 0.4) is 0 Å². The molecule has 0 saturated heterocycles. The molecule has 194 valence electrons. The summed E-state index contributed by atoms with van der Waals surface area (Å²) in [4.78, 5) is 11.5. The Morgan fingerprint density at radius 2 is 1.94 bits per heavy atom. The lowest BCUT2D eigenvalue weighted by molar-refractivity contribution is -0.137. The highest BCUT2D eigenvalue weighted by Gasteiger charge is 2.37. The van der Waals surface area contributed by atoms with Crippen molar-refractivity contribution < 1.29 is 22.5 Å². The highest BCUT2D eigenvalue weighted by molar-refractivity contribution is 7.70. The van der Waals surface area contributed by atoms with Gasteiger partial charge in [0.2, 0.25) is 5.95 Å². The van der Waals surface area contributed by atoms with E-state index in [0.717, 1.165) is 44.0 Å². The van der Waals surface area contributed by atoms with Crippen LogP contribution >= 0.6 is 7.14 Å². The van der Waals surface area contributed by atoms with E-state index in [1.54, 1.807) is 19.4 Å². The van der Waals surface area contributed by atoms with Crippen molar-refractivity contribution in [2.45, 2.75) is 50.4 Å². The number of nitrogens with zero attached hydrogens (tertiary/aromatic N) is 2. The van der Waals surface area contributed by atoms with E-state index < -0.39 is 18.9 Å². The second-order valence-electron chi connectivity index (χ2n) is 10.0. The van der Waals surface area contributed by atoms with Gasteiger partial charge in [-0.3, -0.25) is 0 Å². The third-order valence-corrected chi connectivity index (χ3v) is 8.57. The molecule has 3 aromatic rings. The molecule has 0 amide bonds.